The van der Waals surface area contributed by atoms with E-state index in [1.165, 1.54) is 19.2 Å². The summed E-state index contributed by atoms with van der Waals surface area (Å²) in [5.74, 6) is 0.294. The predicted molar refractivity (Wildman–Crippen MR) is 95.4 cm³/mol. The molecule has 2 rings (SSSR count). The Morgan fingerprint density at radius 1 is 1.35 bits per heavy atom. The first kappa shape index (κ1) is 20.6. The highest BCUT2D eigenvalue weighted by Crippen LogP contribution is 2.39. The van der Waals surface area contributed by atoms with Gasteiger partial charge in [-0.05, 0) is 36.6 Å². The summed E-state index contributed by atoms with van der Waals surface area (Å²) in [6.07, 6.45) is -2.63. The van der Waals surface area contributed by atoms with Gasteiger partial charge in [0, 0.05) is 38.2 Å². The van der Waals surface area contributed by atoms with Crippen molar-refractivity contribution >= 4 is 11.7 Å². The zero-order valence-corrected chi connectivity index (χ0v) is 15.5. The lowest BCUT2D eigenvalue weighted by Crippen LogP contribution is -2.24. The molecule has 1 saturated heterocycles. The fourth-order valence-electron chi connectivity index (χ4n) is 3.57. The van der Waals surface area contributed by atoms with Crippen molar-refractivity contribution < 1.29 is 22.7 Å². The van der Waals surface area contributed by atoms with Crippen molar-refractivity contribution in [3.05, 3.63) is 29.3 Å². The highest BCUT2D eigenvalue weighted by atomic mass is 19.4. The highest BCUT2D eigenvalue weighted by Gasteiger charge is 2.34. The molecule has 0 radical (unpaired) electrons. The Hall–Kier alpha value is -1.76. The maximum absolute atomic E-state index is 13.2. The summed E-state index contributed by atoms with van der Waals surface area (Å²) in [6.45, 7) is 4.25. The lowest BCUT2D eigenvalue weighted by molar-refractivity contribution is -0.140. The van der Waals surface area contributed by atoms with Crippen LogP contribution in [-0.4, -0.2) is 39.8 Å². The Kier molecular flexibility index (Phi) is 6.92. The molecule has 1 aliphatic rings. The van der Waals surface area contributed by atoms with E-state index in [1.807, 2.05) is 4.90 Å². The minimum Gasteiger partial charge on any atom is -0.469 e. The first-order valence-electron chi connectivity index (χ1n) is 8.97. The molecule has 1 aromatic rings. The van der Waals surface area contributed by atoms with Gasteiger partial charge in [-0.25, -0.2) is 0 Å². The van der Waals surface area contributed by atoms with Crippen LogP contribution in [0, 0.1) is 5.92 Å². The number of hydrogen-bond donors (Lipinski definition) is 1. The average Bonchev–Trinajstić information content (AvgIpc) is 3.08. The lowest BCUT2D eigenvalue weighted by Gasteiger charge is -2.28. The number of halogens is 3. The van der Waals surface area contributed by atoms with Gasteiger partial charge in [-0.2, -0.15) is 13.2 Å². The molecule has 1 fully saturated rings. The molecule has 2 atom stereocenters. The Balaban J connectivity index is 2.28. The molecule has 1 N–H and O–H groups in total. The van der Waals surface area contributed by atoms with Crippen LogP contribution in [0.5, 0.6) is 0 Å². The summed E-state index contributed by atoms with van der Waals surface area (Å²) in [6, 6.07) is 4.03. The van der Waals surface area contributed by atoms with E-state index >= 15 is 0 Å². The number of benzene rings is 1. The van der Waals surface area contributed by atoms with Gasteiger partial charge >= 0.3 is 12.1 Å². The maximum atomic E-state index is 13.2. The van der Waals surface area contributed by atoms with Gasteiger partial charge in [0.2, 0.25) is 0 Å². The van der Waals surface area contributed by atoms with Gasteiger partial charge in [0.25, 0.3) is 0 Å². The molecule has 1 aliphatic heterocycles. The van der Waals surface area contributed by atoms with E-state index < -0.39 is 11.7 Å². The number of carbonyl (C=O) groups excluding carboxylic acids is 1. The zero-order valence-electron chi connectivity index (χ0n) is 15.5. The van der Waals surface area contributed by atoms with E-state index in [9.17, 15) is 18.0 Å². The highest BCUT2D eigenvalue weighted by molar-refractivity contribution is 5.69. The molecular formula is C19H27F3N2O2. The molecular weight excluding hydrogens is 345 g/mol. The van der Waals surface area contributed by atoms with Crippen LogP contribution >= 0.6 is 0 Å². The summed E-state index contributed by atoms with van der Waals surface area (Å²) in [5, 5.41) is 3.35. The van der Waals surface area contributed by atoms with Crippen LogP contribution in [-0.2, 0) is 15.7 Å². The van der Waals surface area contributed by atoms with Crippen LogP contribution in [0.1, 0.15) is 43.2 Å². The Labute approximate surface area is 152 Å². The van der Waals surface area contributed by atoms with Gasteiger partial charge < -0.3 is 15.0 Å². The molecule has 146 valence electrons. The second-order valence-electron chi connectivity index (χ2n) is 6.81. The van der Waals surface area contributed by atoms with Crippen molar-refractivity contribution in [3.63, 3.8) is 0 Å². The van der Waals surface area contributed by atoms with Crippen LogP contribution in [0.3, 0.4) is 0 Å². The monoisotopic (exact) mass is 372 g/mol. The molecule has 26 heavy (non-hydrogen) atoms. The molecule has 4 nitrogen and oxygen atoms in total. The van der Waals surface area contributed by atoms with E-state index in [1.54, 1.807) is 13.1 Å². The first-order valence-corrected chi connectivity index (χ1v) is 8.97. The van der Waals surface area contributed by atoms with E-state index in [-0.39, 0.29) is 18.3 Å². The lowest BCUT2D eigenvalue weighted by atomic mass is 9.85. The van der Waals surface area contributed by atoms with E-state index in [4.69, 9.17) is 0 Å². The van der Waals surface area contributed by atoms with Gasteiger partial charge in [-0.1, -0.05) is 19.4 Å². The molecule has 7 heteroatoms. The Morgan fingerprint density at radius 3 is 2.69 bits per heavy atom. The number of esters is 1. The van der Waals surface area contributed by atoms with Gasteiger partial charge in [0.05, 0.1) is 12.7 Å². The van der Waals surface area contributed by atoms with Crippen LogP contribution < -0.4 is 10.2 Å². The average molecular weight is 372 g/mol. The fraction of sp³-hybridized carbons (Fsp3) is 0.632. The second-order valence-corrected chi connectivity index (χ2v) is 6.81. The van der Waals surface area contributed by atoms with Gasteiger partial charge in [-0.15, -0.1) is 0 Å². The molecule has 1 aromatic carbocycles. The summed E-state index contributed by atoms with van der Waals surface area (Å²) in [5.41, 5.74) is 0.891. The van der Waals surface area contributed by atoms with E-state index in [2.05, 4.69) is 17.0 Å². The SMILES string of the molecule is CC[C@H]1CNC[C@@H]1c1ccc(C(F)(F)F)cc1N(C)CCCC(=O)OC. The van der Waals surface area contributed by atoms with Crippen molar-refractivity contribution in [2.45, 2.75) is 38.3 Å². The largest absolute Gasteiger partial charge is 0.469 e. The number of alkyl halides is 3. The number of ether oxygens (including phenoxy) is 1. The topological polar surface area (TPSA) is 41.6 Å². The molecule has 0 spiro atoms. The van der Waals surface area contributed by atoms with Crippen LogP contribution in [0.2, 0.25) is 0 Å². The number of nitrogens with one attached hydrogen (secondary N) is 1. The van der Waals surface area contributed by atoms with Crippen LogP contribution in [0.4, 0.5) is 18.9 Å². The molecule has 0 aromatic heterocycles. The van der Waals surface area contributed by atoms with Gasteiger partial charge in [0.15, 0.2) is 0 Å². The fourth-order valence-corrected chi connectivity index (χ4v) is 3.57. The smallest absolute Gasteiger partial charge is 0.416 e. The molecule has 0 unspecified atom stereocenters. The molecule has 0 aliphatic carbocycles. The van der Waals surface area contributed by atoms with Crippen molar-refractivity contribution in [1.29, 1.82) is 0 Å². The third-order valence-electron chi connectivity index (χ3n) is 5.13. The number of nitrogens with zero attached hydrogens (tertiary/aromatic N) is 1. The number of hydrogen-bond acceptors (Lipinski definition) is 4. The third-order valence-corrected chi connectivity index (χ3v) is 5.13. The second kappa shape index (κ2) is 8.75. The maximum Gasteiger partial charge on any atom is 0.416 e. The molecule has 1 heterocycles. The quantitative estimate of drug-likeness (QED) is 0.739. The molecule has 0 saturated carbocycles. The number of rotatable bonds is 7. The van der Waals surface area contributed by atoms with Crippen molar-refractivity contribution in [2.24, 2.45) is 5.92 Å². The van der Waals surface area contributed by atoms with E-state index in [0.717, 1.165) is 25.1 Å². The normalized spacial score (nSPS) is 20.2. The van der Waals surface area contributed by atoms with Gasteiger partial charge in [0.1, 0.15) is 0 Å². The Bertz CT molecular complexity index is 619. The number of carbonyl (C=O) groups is 1. The number of anilines is 1. The zero-order chi connectivity index (χ0) is 19.3. The predicted octanol–water partition coefficient (Wildman–Crippen LogP) is 3.81. The minimum atomic E-state index is -4.38. The summed E-state index contributed by atoms with van der Waals surface area (Å²) < 4.78 is 44.2. The third kappa shape index (κ3) is 4.90. The summed E-state index contributed by atoms with van der Waals surface area (Å²) in [4.78, 5) is 13.1. The molecule has 0 bridgehead atoms. The first-order chi connectivity index (χ1) is 12.3. The summed E-state index contributed by atoms with van der Waals surface area (Å²) >= 11 is 0. The molecule has 0 amide bonds. The minimum absolute atomic E-state index is 0.195. The van der Waals surface area contributed by atoms with Crippen molar-refractivity contribution in [1.82, 2.24) is 5.32 Å². The summed E-state index contributed by atoms with van der Waals surface area (Å²) in [7, 11) is 3.11. The van der Waals surface area contributed by atoms with Crippen LogP contribution in [0.15, 0.2) is 18.2 Å². The van der Waals surface area contributed by atoms with Crippen LogP contribution in [0.25, 0.3) is 0 Å². The Morgan fingerprint density at radius 2 is 2.08 bits per heavy atom. The van der Waals surface area contributed by atoms with Crippen molar-refractivity contribution in [2.75, 3.05) is 38.7 Å². The number of methoxy groups -OCH3 is 1. The van der Waals surface area contributed by atoms with Crippen molar-refractivity contribution in [3.8, 4) is 0 Å². The standard InChI is InChI=1S/C19H27F3N2O2/c1-4-13-11-23-12-16(13)15-8-7-14(19(20,21)22)10-17(15)24(2)9-5-6-18(25)26-3/h7-8,10,13,16,23H,4-6,9,11-12H2,1-3H3/t13-,16-/m0/s1. The van der Waals surface area contributed by atoms with Gasteiger partial charge in [-0.3, -0.25) is 4.79 Å². The van der Waals surface area contributed by atoms with E-state index in [0.29, 0.717) is 24.6 Å².